The fraction of sp³-hybridized carbons (Fsp3) is 0.429. The van der Waals surface area contributed by atoms with Gasteiger partial charge in [0, 0.05) is 0 Å². The summed E-state index contributed by atoms with van der Waals surface area (Å²) in [5.41, 5.74) is 5.66. The van der Waals surface area contributed by atoms with Crippen molar-refractivity contribution in [2.24, 2.45) is 0 Å². The summed E-state index contributed by atoms with van der Waals surface area (Å²) in [6, 6.07) is 4.53. The second kappa shape index (κ2) is 4.45. The molecule has 0 aliphatic rings. The lowest BCUT2D eigenvalue weighted by atomic mass is 9.90. The van der Waals surface area contributed by atoms with Crippen molar-refractivity contribution >= 4 is 0 Å². The molecule has 1 rings (SSSR count). The average molecular weight is 188 g/mol. The molecule has 76 valence electrons. The van der Waals surface area contributed by atoms with Gasteiger partial charge in [0.25, 0.3) is 0 Å². The van der Waals surface area contributed by atoms with Crippen LogP contribution < -0.4 is 0 Å². The van der Waals surface area contributed by atoms with Gasteiger partial charge in [-0.05, 0) is 50.3 Å². The minimum atomic E-state index is 0.528. The molecule has 0 spiro atoms. The van der Waals surface area contributed by atoms with E-state index in [1.807, 2.05) is 0 Å². The van der Waals surface area contributed by atoms with Gasteiger partial charge in [-0.15, -0.1) is 0 Å². The Kier molecular flexibility index (Phi) is 3.51. The molecular weight excluding hydrogens is 168 g/mol. The normalized spacial score (nSPS) is 13.5. The van der Waals surface area contributed by atoms with Gasteiger partial charge in [-0.2, -0.15) is 0 Å². The first-order valence-electron chi connectivity index (χ1n) is 5.26. The smallest absolute Gasteiger partial charge is 0.000530 e. The molecule has 0 radical (unpaired) electrons. The van der Waals surface area contributed by atoms with Crippen molar-refractivity contribution in [3.63, 3.8) is 0 Å². The average Bonchev–Trinajstić information content (AvgIpc) is 2.01. The minimum Gasteiger partial charge on any atom is -0.0911 e. The Labute approximate surface area is 87.7 Å². The van der Waals surface area contributed by atoms with Crippen LogP contribution in [0.5, 0.6) is 0 Å². The summed E-state index contributed by atoms with van der Waals surface area (Å²) < 4.78 is 0. The number of hydrogen-bond donors (Lipinski definition) is 0. The quantitative estimate of drug-likeness (QED) is 0.607. The SMILES string of the molecule is C/C=C/C(C)c1c(C)cc(C)cc1C. The Morgan fingerprint density at radius 2 is 1.57 bits per heavy atom. The highest BCUT2D eigenvalue weighted by Crippen LogP contribution is 2.25. The van der Waals surface area contributed by atoms with Crippen molar-refractivity contribution in [1.29, 1.82) is 0 Å². The maximum Gasteiger partial charge on any atom is -0.000530 e. The number of rotatable bonds is 2. The Hall–Kier alpha value is -1.04. The largest absolute Gasteiger partial charge is 0.0911 e. The van der Waals surface area contributed by atoms with Gasteiger partial charge in [0.1, 0.15) is 0 Å². The first-order chi connectivity index (χ1) is 6.56. The van der Waals surface area contributed by atoms with E-state index in [4.69, 9.17) is 0 Å². The zero-order valence-corrected chi connectivity index (χ0v) is 9.89. The molecule has 1 atom stereocenters. The van der Waals surface area contributed by atoms with Crippen molar-refractivity contribution in [3.8, 4) is 0 Å². The molecule has 14 heavy (non-hydrogen) atoms. The van der Waals surface area contributed by atoms with Crippen molar-refractivity contribution in [3.05, 3.63) is 46.5 Å². The zero-order chi connectivity index (χ0) is 10.7. The highest BCUT2D eigenvalue weighted by molar-refractivity contribution is 5.41. The maximum absolute atomic E-state index is 2.27. The summed E-state index contributed by atoms with van der Waals surface area (Å²) in [5.74, 6) is 0.528. The van der Waals surface area contributed by atoms with Crippen LogP contribution in [0.15, 0.2) is 24.3 Å². The van der Waals surface area contributed by atoms with Crippen LogP contribution in [0, 0.1) is 20.8 Å². The summed E-state index contributed by atoms with van der Waals surface area (Å²) in [6.45, 7) is 10.9. The summed E-state index contributed by atoms with van der Waals surface area (Å²) >= 11 is 0. The number of hydrogen-bond acceptors (Lipinski definition) is 0. The third-order valence-electron chi connectivity index (χ3n) is 2.67. The van der Waals surface area contributed by atoms with Crippen LogP contribution in [0.4, 0.5) is 0 Å². The maximum atomic E-state index is 2.27. The Balaban J connectivity index is 3.20. The third kappa shape index (κ3) is 2.25. The lowest BCUT2D eigenvalue weighted by molar-refractivity contribution is 0.932. The molecule has 0 heterocycles. The minimum absolute atomic E-state index is 0.528. The molecule has 0 bridgehead atoms. The van der Waals surface area contributed by atoms with Crippen molar-refractivity contribution < 1.29 is 0 Å². The monoisotopic (exact) mass is 188 g/mol. The summed E-state index contributed by atoms with van der Waals surface area (Å²) in [7, 11) is 0. The number of benzene rings is 1. The van der Waals surface area contributed by atoms with Gasteiger partial charge >= 0.3 is 0 Å². The molecule has 0 amide bonds. The Morgan fingerprint density at radius 1 is 1.07 bits per heavy atom. The van der Waals surface area contributed by atoms with Gasteiger partial charge in [-0.1, -0.05) is 36.8 Å². The molecule has 0 nitrogen and oxygen atoms in total. The molecule has 0 aromatic heterocycles. The summed E-state index contributed by atoms with van der Waals surface area (Å²) in [4.78, 5) is 0. The second-order valence-corrected chi connectivity index (χ2v) is 4.13. The first-order valence-corrected chi connectivity index (χ1v) is 5.26. The van der Waals surface area contributed by atoms with Crippen molar-refractivity contribution in [1.82, 2.24) is 0 Å². The highest BCUT2D eigenvalue weighted by Gasteiger charge is 2.08. The topological polar surface area (TPSA) is 0 Å². The van der Waals surface area contributed by atoms with Crippen LogP contribution in [0.3, 0.4) is 0 Å². The molecular formula is C14H20. The number of aryl methyl sites for hydroxylation is 3. The standard InChI is InChI=1S/C14H20/c1-6-7-11(3)14-12(4)8-10(2)9-13(14)5/h6-9,11H,1-5H3/b7-6+. The van der Waals surface area contributed by atoms with E-state index in [1.54, 1.807) is 0 Å². The van der Waals surface area contributed by atoms with Gasteiger partial charge < -0.3 is 0 Å². The fourth-order valence-electron chi connectivity index (χ4n) is 2.29. The van der Waals surface area contributed by atoms with Crippen LogP contribution in [0.2, 0.25) is 0 Å². The van der Waals surface area contributed by atoms with Crippen LogP contribution in [0.25, 0.3) is 0 Å². The van der Waals surface area contributed by atoms with E-state index in [-0.39, 0.29) is 0 Å². The van der Waals surface area contributed by atoms with E-state index in [1.165, 1.54) is 22.3 Å². The molecule has 0 heteroatoms. The molecule has 1 aromatic rings. The van der Waals surface area contributed by atoms with E-state index in [9.17, 15) is 0 Å². The van der Waals surface area contributed by atoms with Gasteiger partial charge in [-0.25, -0.2) is 0 Å². The predicted molar refractivity (Wildman–Crippen MR) is 63.9 cm³/mol. The lowest BCUT2D eigenvalue weighted by Gasteiger charge is -2.15. The summed E-state index contributed by atoms with van der Waals surface area (Å²) in [6.07, 6.45) is 4.38. The van der Waals surface area contributed by atoms with Crippen LogP contribution >= 0.6 is 0 Å². The van der Waals surface area contributed by atoms with Gasteiger partial charge in [-0.3, -0.25) is 0 Å². The van der Waals surface area contributed by atoms with Gasteiger partial charge in [0.2, 0.25) is 0 Å². The Bertz CT molecular complexity index is 322. The first kappa shape index (κ1) is 11.0. The van der Waals surface area contributed by atoms with E-state index in [2.05, 4.69) is 58.9 Å². The molecule has 0 aliphatic carbocycles. The van der Waals surface area contributed by atoms with E-state index in [0.717, 1.165) is 0 Å². The third-order valence-corrected chi connectivity index (χ3v) is 2.67. The second-order valence-electron chi connectivity index (χ2n) is 4.13. The lowest BCUT2D eigenvalue weighted by Crippen LogP contribution is -1.98. The van der Waals surface area contributed by atoms with Crippen LogP contribution in [0.1, 0.15) is 42.0 Å². The fourth-order valence-corrected chi connectivity index (χ4v) is 2.29. The number of allylic oxidation sites excluding steroid dienone is 2. The summed E-state index contributed by atoms with van der Waals surface area (Å²) in [5, 5.41) is 0. The van der Waals surface area contributed by atoms with Crippen LogP contribution in [-0.4, -0.2) is 0 Å². The molecule has 1 aromatic carbocycles. The van der Waals surface area contributed by atoms with Crippen molar-refractivity contribution in [2.45, 2.75) is 40.5 Å². The van der Waals surface area contributed by atoms with E-state index in [0.29, 0.717) is 5.92 Å². The van der Waals surface area contributed by atoms with Crippen molar-refractivity contribution in [2.75, 3.05) is 0 Å². The van der Waals surface area contributed by atoms with E-state index < -0.39 is 0 Å². The molecule has 0 saturated carbocycles. The zero-order valence-electron chi connectivity index (χ0n) is 9.89. The highest BCUT2D eigenvalue weighted by atomic mass is 14.1. The molecule has 0 N–H and O–H groups in total. The molecule has 1 unspecified atom stereocenters. The van der Waals surface area contributed by atoms with Gasteiger partial charge in [0.15, 0.2) is 0 Å². The Morgan fingerprint density at radius 3 is 2.00 bits per heavy atom. The molecule has 0 fully saturated rings. The van der Waals surface area contributed by atoms with E-state index >= 15 is 0 Å². The van der Waals surface area contributed by atoms with Crippen LogP contribution in [-0.2, 0) is 0 Å². The molecule has 0 saturated heterocycles. The predicted octanol–water partition coefficient (Wildman–Crippen LogP) is 4.29. The molecule has 0 aliphatic heterocycles. The van der Waals surface area contributed by atoms with Gasteiger partial charge in [0.05, 0.1) is 0 Å².